The molecule has 5 nitrogen and oxygen atoms in total. The van der Waals surface area contributed by atoms with Crippen LogP contribution < -0.4 is 10.6 Å². The molecule has 4 rings (SSSR count). The zero-order chi connectivity index (χ0) is 18.5. The van der Waals surface area contributed by atoms with Crippen molar-refractivity contribution in [3.05, 3.63) is 89.4 Å². The molecule has 0 radical (unpaired) electrons. The Hall–Kier alpha value is -3.05. The fourth-order valence-electron chi connectivity index (χ4n) is 3.45. The molecule has 136 valence electrons. The zero-order valence-electron chi connectivity index (χ0n) is 15.1. The van der Waals surface area contributed by atoms with E-state index in [-0.39, 0.29) is 5.91 Å². The van der Waals surface area contributed by atoms with E-state index >= 15 is 0 Å². The van der Waals surface area contributed by atoms with Crippen molar-refractivity contribution in [2.24, 2.45) is 0 Å². The predicted octanol–water partition coefficient (Wildman–Crippen LogP) is 3.90. The average Bonchev–Trinajstić information content (AvgIpc) is 2.73. The van der Waals surface area contributed by atoms with Gasteiger partial charge in [0.15, 0.2) is 0 Å². The number of carbonyl (C=O) groups excluding carboxylic acids is 1. The van der Waals surface area contributed by atoms with Crippen molar-refractivity contribution in [3.8, 4) is 0 Å². The third-order valence-corrected chi connectivity index (χ3v) is 4.87. The molecule has 0 saturated carbocycles. The van der Waals surface area contributed by atoms with Gasteiger partial charge in [-0.05, 0) is 60.7 Å². The molecule has 0 saturated heterocycles. The third-order valence-electron chi connectivity index (χ3n) is 4.87. The zero-order valence-corrected chi connectivity index (χ0v) is 15.1. The molecule has 1 aromatic carbocycles. The van der Waals surface area contributed by atoms with Gasteiger partial charge in [0.25, 0.3) is 5.91 Å². The summed E-state index contributed by atoms with van der Waals surface area (Å²) in [6, 6.07) is 17.6. The number of aryl methyl sites for hydroxylation is 1. The molecule has 27 heavy (non-hydrogen) atoms. The van der Waals surface area contributed by atoms with Crippen LogP contribution in [-0.2, 0) is 13.0 Å². The maximum absolute atomic E-state index is 12.3. The molecule has 2 heterocycles. The minimum atomic E-state index is -0.154. The van der Waals surface area contributed by atoms with Gasteiger partial charge in [0.2, 0.25) is 0 Å². The Morgan fingerprint density at radius 2 is 1.85 bits per heavy atom. The Balaban J connectivity index is 1.37. The monoisotopic (exact) mass is 358 g/mol. The summed E-state index contributed by atoms with van der Waals surface area (Å²) in [7, 11) is 0. The van der Waals surface area contributed by atoms with Crippen LogP contribution in [0.2, 0.25) is 0 Å². The fourth-order valence-corrected chi connectivity index (χ4v) is 3.45. The Labute approximate surface area is 158 Å². The van der Waals surface area contributed by atoms with Gasteiger partial charge in [0, 0.05) is 24.5 Å². The van der Waals surface area contributed by atoms with Gasteiger partial charge in [-0.2, -0.15) is 0 Å². The van der Waals surface area contributed by atoms with Crippen molar-refractivity contribution < 1.29 is 4.79 Å². The number of amides is 1. The molecule has 0 aliphatic heterocycles. The fraction of sp³-hybridized carbons (Fsp3) is 0.227. The minimum absolute atomic E-state index is 0.154. The molecule has 1 amide bonds. The van der Waals surface area contributed by atoms with Crippen molar-refractivity contribution in [3.63, 3.8) is 0 Å². The number of hydrogen-bond acceptors (Lipinski definition) is 4. The summed E-state index contributed by atoms with van der Waals surface area (Å²) < 4.78 is 0. The van der Waals surface area contributed by atoms with E-state index in [1.807, 2.05) is 48.7 Å². The number of hydrogen-bond donors (Lipinski definition) is 2. The molecular weight excluding hydrogens is 336 g/mol. The molecule has 2 N–H and O–H groups in total. The summed E-state index contributed by atoms with van der Waals surface area (Å²) in [4.78, 5) is 21.0. The van der Waals surface area contributed by atoms with E-state index in [1.54, 1.807) is 12.3 Å². The number of carbonyl (C=O) groups is 1. The molecule has 1 aliphatic rings. The number of benzene rings is 1. The van der Waals surface area contributed by atoms with E-state index in [9.17, 15) is 4.79 Å². The predicted molar refractivity (Wildman–Crippen MR) is 105 cm³/mol. The lowest BCUT2D eigenvalue weighted by atomic mass is 9.92. The van der Waals surface area contributed by atoms with Gasteiger partial charge in [-0.25, -0.2) is 4.98 Å². The summed E-state index contributed by atoms with van der Waals surface area (Å²) >= 11 is 0. The van der Waals surface area contributed by atoms with Crippen molar-refractivity contribution in [2.75, 3.05) is 5.32 Å². The number of anilines is 1. The first-order valence-electron chi connectivity index (χ1n) is 9.28. The average molecular weight is 358 g/mol. The van der Waals surface area contributed by atoms with Crippen molar-refractivity contribution in [2.45, 2.75) is 31.8 Å². The third kappa shape index (κ3) is 4.20. The topological polar surface area (TPSA) is 66.9 Å². The van der Waals surface area contributed by atoms with Gasteiger partial charge in [0.1, 0.15) is 5.82 Å². The Kier molecular flexibility index (Phi) is 5.21. The van der Waals surface area contributed by atoms with Crippen LogP contribution in [0, 0.1) is 0 Å². The van der Waals surface area contributed by atoms with Crippen molar-refractivity contribution in [1.82, 2.24) is 15.3 Å². The first-order valence-corrected chi connectivity index (χ1v) is 9.28. The molecule has 1 atom stereocenters. The van der Waals surface area contributed by atoms with Gasteiger partial charge >= 0.3 is 0 Å². The maximum Gasteiger partial charge on any atom is 0.256 e. The van der Waals surface area contributed by atoms with Crippen molar-refractivity contribution in [1.29, 1.82) is 0 Å². The van der Waals surface area contributed by atoms with E-state index in [0.29, 0.717) is 17.4 Å². The Morgan fingerprint density at radius 1 is 1.00 bits per heavy atom. The summed E-state index contributed by atoms with van der Waals surface area (Å²) in [6.45, 7) is 0.753. The molecule has 5 heteroatoms. The van der Waals surface area contributed by atoms with Crippen LogP contribution in [-0.4, -0.2) is 15.9 Å². The number of fused-ring (bicyclic) bond motifs is 1. The highest BCUT2D eigenvalue weighted by Gasteiger charge is 2.20. The van der Waals surface area contributed by atoms with E-state index < -0.39 is 0 Å². The van der Waals surface area contributed by atoms with Crippen LogP contribution in [0.5, 0.6) is 0 Å². The second-order valence-electron chi connectivity index (χ2n) is 6.74. The highest BCUT2D eigenvalue weighted by Crippen LogP contribution is 2.27. The minimum Gasteiger partial charge on any atom is -0.307 e. The van der Waals surface area contributed by atoms with Crippen LogP contribution in [0.4, 0.5) is 5.82 Å². The second kappa shape index (κ2) is 8.10. The van der Waals surface area contributed by atoms with Gasteiger partial charge in [-0.1, -0.05) is 24.3 Å². The SMILES string of the molecule is O=C(Nc1ccccn1)c1ccc(CNC2CCCc3cccnc32)cc1. The number of pyridine rings is 2. The molecule has 3 aromatic rings. The molecule has 1 aliphatic carbocycles. The summed E-state index contributed by atoms with van der Waals surface area (Å²) in [6.07, 6.45) is 6.93. The van der Waals surface area contributed by atoms with Crippen molar-refractivity contribution >= 4 is 11.7 Å². The van der Waals surface area contributed by atoms with Crippen LogP contribution in [0.25, 0.3) is 0 Å². The van der Waals surface area contributed by atoms with Gasteiger partial charge in [-0.15, -0.1) is 0 Å². The number of nitrogens with one attached hydrogen (secondary N) is 2. The normalized spacial score (nSPS) is 15.8. The van der Waals surface area contributed by atoms with Crippen LogP contribution >= 0.6 is 0 Å². The smallest absolute Gasteiger partial charge is 0.256 e. The van der Waals surface area contributed by atoms with E-state index in [2.05, 4.69) is 26.7 Å². The van der Waals surface area contributed by atoms with E-state index in [1.165, 1.54) is 17.7 Å². The maximum atomic E-state index is 12.3. The molecule has 0 bridgehead atoms. The summed E-state index contributed by atoms with van der Waals surface area (Å²) in [5, 5.41) is 6.41. The quantitative estimate of drug-likeness (QED) is 0.726. The highest BCUT2D eigenvalue weighted by molar-refractivity contribution is 6.03. The largest absolute Gasteiger partial charge is 0.307 e. The van der Waals surface area contributed by atoms with Crippen LogP contribution in [0.1, 0.15) is 46.1 Å². The highest BCUT2D eigenvalue weighted by atomic mass is 16.1. The first-order chi connectivity index (χ1) is 13.3. The van der Waals surface area contributed by atoms with Gasteiger partial charge < -0.3 is 10.6 Å². The number of nitrogens with zero attached hydrogens (tertiary/aromatic N) is 2. The Morgan fingerprint density at radius 3 is 2.67 bits per heavy atom. The molecule has 2 aromatic heterocycles. The molecule has 1 unspecified atom stereocenters. The summed E-state index contributed by atoms with van der Waals surface area (Å²) in [5.74, 6) is 0.398. The van der Waals surface area contributed by atoms with Gasteiger partial charge in [0.05, 0.1) is 11.7 Å². The second-order valence-corrected chi connectivity index (χ2v) is 6.74. The van der Waals surface area contributed by atoms with Crippen LogP contribution in [0.15, 0.2) is 67.0 Å². The van der Waals surface area contributed by atoms with Crippen LogP contribution in [0.3, 0.4) is 0 Å². The van der Waals surface area contributed by atoms with E-state index in [0.717, 1.165) is 24.9 Å². The standard InChI is InChI=1S/C22H22N4O/c27-22(26-20-8-1-2-13-23-20)18-11-9-16(10-12-18)15-25-19-7-3-5-17-6-4-14-24-21(17)19/h1-2,4,6,8-14,19,25H,3,5,7,15H2,(H,23,26,27). The Bertz CT molecular complexity index is 909. The lowest BCUT2D eigenvalue weighted by Gasteiger charge is -2.25. The lowest BCUT2D eigenvalue weighted by Crippen LogP contribution is -2.26. The summed E-state index contributed by atoms with van der Waals surface area (Å²) in [5.41, 5.74) is 4.29. The molecule has 0 fully saturated rings. The lowest BCUT2D eigenvalue weighted by molar-refractivity contribution is 0.102. The van der Waals surface area contributed by atoms with Gasteiger partial charge in [-0.3, -0.25) is 9.78 Å². The van der Waals surface area contributed by atoms with E-state index in [4.69, 9.17) is 0 Å². The molecular formula is C22H22N4O. The number of aromatic nitrogens is 2. The number of rotatable bonds is 5. The molecule has 0 spiro atoms. The first kappa shape index (κ1) is 17.4.